The summed E-state index contributed by atoms with van der Waals surface area (Å²) < 4.78 is 21.5. The maximum Gasteiger partial charge on any atom is 0.453 e. The molecule has 2 aromatic carbocycles. The van der Waals surface area contributed by atoms with Crippen LogP contribution in [0.3, 0.4) is 0 Å². The van der Waals surface area contributed by atoms with Crippen LogP contribution in [0.15, 0.2) is 42.5 Å². The van der Waals surface area contributed by atoms with E-state index in [1.165, 1.54) is 0 Å². The van der Waals surface area contributed by atoms with Gasteiger partial charge in [0.15, 0.2) is 11.5 Å². The monoisotopic (exact) mass is 521 g/mol. The predicted octanol–water partition coefficient (Wildman–Crippen LogP) is 3.50. The van der Waals surface area contributed by atoms with E-state index in [1.807, 2.05) is 27.7 Å². The number of carbonyl (C=O) groups excluding carboxylic acids is 1. The van der Waals surface area contributed by atoms with Crippen LogP contribution in [-0.4, -0.2) is 59.3 Å². The van der Waals surface area contributed by atoms with E-state index in [-0.39, 0.29) is 30.8 Å². The Bertz CT molecular complexity index is 1090. The predicted molar refractivity (Wildman–Crippen MR) is 132 cm³/mol. The third-order valence-electron chi connectivity index (χ3n) is 5.35. The van der Waals surface area contributed by atoms with Crippen molar-refractivity contribution in [3.8, 4) is 11.5 Å². The summed E-state index contributed by atoms with van der Waals surface area (Å²) in [6.07, 6.45) is -0.174. The Morgan fingerprint density at radius 2 is 1.83 bits per heavy atom. The van der Waals surface area contributed by atoms with Gasteiger partial charge >= 0.3 is 17.7 Å². The average Bonchev–Trinajstić information content (AvgIpc) is 3.20. The lowest BCUT2D eigenvalue weighted by Gasteiger charge is -2.22. The molecule has 3 N–H and O–H groups in total. The highest BCUT2D eigenvalue weighted by molar-refractivity contribution is 6.30. The first-order chi connectivity index (χ1) is 16.9. The number of esters is 1. The van der Waals surface area contributed by atoms with Crippen LogP contribution >= 0.6 is 11.6 Å². The minimum atomic E-state index is -2.62. The van der Waals surface area contributed by atoms with Crippen LogP contribution in [-0.2, 0) is 25.5 Å². The molecule has 3 rings (SSSR count). The number of aliphatic carboxylic acids is 1. The molecule has 3 atom stereocenters. The first-order valence-corrected chi connectivity index (χ1v) is 12.0. The van der Waals surface area contributed by atoms with Gasteiger partial charge < -0.3 is 34.5 Å². The van der Waals surface area contributed by atoms with Gasteiger partial charge in [-0.05, 0) is 69.5 Å². The van der Waals surface area contributed by atoms with Crippen LogP contribution in [0, 0.1) is 0 Å². The smallest absolute Gasteiger partial charge is 0.453 e. The fourth-order valence-corrected chi connectivity index (χ4v) is 3.78. The van der Waals surface area contributed by atoms with E-state index < -0.39 is 29.4 Å². The third kappa shape index (κ3) is 7.10. The van der Waals surface area contributed by atoms with Crippen LogP contribution in [0.4, 0.5) is 0 Å². The number of ether oxygens (including phenoxy) is 4. The Hall–Kier alpha value is -2.85. The van der Waals surface area contributed by atoms with E-state index in [0.717, 1.165) is 5.56 Å². The van der Waals surface area contributed by atoms with Gasteiger partial charge in [-0.3, -0.25) is 0 Å². The minimum absolute atomic E-state index is 0.0313. The fourth-order valence-electron chi connectivity index (χ4n) is 3.58. The van der Waals surface area contributed by atoms with Gasteiger partial charge in [0.05, 0.1) is 18.3 Å². The molecule has 0 saturated carbocycles. The molecule has 1 aliphatic heterocycles. The van der Waals surface area contributed by atoms with Gasteiger partial charge in [0.25, 0.3) is 0 Å². The summed E-state index contributed by atoms with van der Waals surface area (Å²) in [5.74, 6) is -5.15. The molecule has 36 heavy (non-hydrogen) atoms. The first-order valence-electron chi connectivity index (χ1n) is 11.6. The molecule has 0 bridgehead atoms. The second-order valence-electron chi connectivity index (χ2n) is 9.59. The zero-order valence-electron chi connectivity index (χ0n) is 20.7. The van der Waals surface area contributed by atoms with Crippen LogP contribution in [0.2, 0.25) is 5.02 Å². The quantitative estimate of drug-likeness (QED) is 0.231. The van der Waals surface area contributed by atoms with Crippen molar-refractivity contribution in [3.63, 3.8) is 0 Å². The third-order valence-corrected chi connectivity index (χ3v) is 5.59. The van der Waals surface area contributed by atoms with Crippen molar-refractivity contribution in [2.75, 3.05) is 19.8 Å². The van der Waals surface area contributed by atoms with Gasteiger partial charge in [-0.25, -0.2) is 9.59 Å². The SMILES string of the molecule is C[C@H](Cc1ccc2c(c1)OC(C(=O)O)(C(=O)OCCOC(C)(C)C)O2)NC[C@H](O)c1cccc(Cl)c1. The lowest BCUT2D eigenvalue weighted by molar-refractivity contribution is -0.200. The van der Waals surface area contributed by atoms with Crippen molar-refractivity contribution in [1.82, 2.24) is 5.32 Å². The number of benzene rings is 2. The molecule has 1 heterocycles. The van der Waals surface area contributed by atoms with Crippen molar-refractivity contribution in [1.29, 1.82) is 0 Å². The molecule has 0 spiro atoms. The maximum absolute atomic E-state index is 12.6. The molecule has 2 aromatic rings. The summed E-state index contributed by atoms with van der Waals surface area (Å²) in [4.78, 5) is 24.6. The number of rotatable bonds is 11. The van der Waals surface area contributed by atoms with Crippen LogP contribution in [0.5, 0.6) is 11.5 Å². The van der Waals surface area contributed by atoms with Crippen molar-refractivity contribution in [2.45, 2.75) is 57.6 Å². The molecule has 0 radical (unpaired) electrons. The van der Waals surface area contributed by atoms with E-state index in [1.54, 1.807) is 42.5 Å². The van der Waals surface area contributed by atoms with Gasteiger partial charge in [-0.2, -0.15) is 0 Å². The summed E-state index contributed by atoms with van der Waals surface area (Å²) >= 11 is 5.99. The molecule has 1 unspecified atom stereocenters. The highest BCUT2D eigenvalue weighted by atomic mass is 35.5. The number of hydrogen-bond acceptors (Lipinski definition) is 8. The molecular formula is C26H32ClNO8. The van der Waals surface area contributed by atoms with Crippen molar-refractivity contribution >= 4 is 23.5 Å². The second-order valence-corrected chi connectivity index (χ2v) is 10.0. The number of aliphatic hydroxyl groups is 1. The van der Waals surface area contributed by atoms with Gasteiger partial charge in [-0.15, -0.1) is 0 Å². The first kappa shape index (κ1) is 27.7. The number of fused-ring (bicyclic) bond motifs is 1. The van der Waals surface area contributed by atoms with Crippen molar-refractivity contribution in [2.24, 2.45) is 0 Å². The summed E-state index contributed by atoms with van der Waals surface area (Å²) in [6, 6.07) is 12.0. The number of hydrogen-bond donors (Lipinski definition) is 3. The van der Waals surface area contributed by atoms with E-state index in [9.17, 15) is 19.8 Å². The van der Waals surface area contributed by atoms with E-state index >= 15 is 0 Å². The van der Waals surface area contributed by atoms with Crippen LogP contribution in [0.25, 0.3) is 0 Å². The molecule has 9 nitrogen and oxygen atoms in total. The summed E-state index contributed by atoms with van der Waals surface area (Å²) in [6.45, 7) is 7.77. The van der Waals surface area contributed by atoms with E-state index in [2.05, 4.69) is 5.32 Å². The fraction of sp³-hybridized carbons (Fsp3) is 0.462. The summed E-state index contributed by atoms with van der Waals surface area (Å²) in [5, 5.41) is 23.9. The van der Waals surface area contributed by atoms with Crippen molar-refractivity contribution in [3.05, 3.63) is 58.6 Å². The minimum Gasteiger partial charge on any atom is -0.475 e. The summed E-state index contributed by atoms with van der Waals surface area (Å²) in [7, 11) is 0. The van der Waals surface area contributed by atoms with Gasteiger partial charge in [0, 0.05) is 17.6 Å². The number of aliphatic hydroxyl groups excluding tert-OH is 1. The largest absolute Gasteiger partial charge is 0.475 e. The number of carbonyl (C=O) groups is 2. The van der Waals surface area contributed by atoms with Crippen LogP contribution < -0.4 is 14.8 Å². The van der Waals surface area contributed by atoms with E-state index in [4.69, 9.17) is 30.5 Å². The second kappa shape index (κ2) is 11.5. The molecular weight excluding hydrogens is 490 g/mol. The van der Waals surface area contributed by atoms with E-state index in [0.29, 0.717) is 23.6 Å². The highest BCUT2D eigenvalue weighted by Crippen LogP contribution is 2.41. The Morgan fingerprint density at radius 1 is 1.11 bits per heavy atom. The normalized spacial score (nSPS) is 18.5. The number of nitrogens with one attached hydrogen (secondary N) is 1. The maximum atomic E-state index is 12.6. The molecule has 0 aliphatic carbocycles. The Kier molecular flexibility index (Phi) is 8.84. The highest BCUT2D eigenvalue weighted by Gasteiger charge is 2.58. The van der Waals surface area contributed by atoms with Gasteiger partial charge in [0.1, 0.15) is 6.61 Å². The topological polar surface area (TPSA) is 124 Å². The average molecular weight is 522 g/mol. The Morgan fingerprint density at radius 3 is 2.50 bits per heavy atom. The van der Waals surface area contributed by atoms with Gasteiger partial charge in [-0.1, -0.05) is 29.8 Å². The summed E-state index contributed by atoms with van der Waals surface area (Å²) in [5.41, 5.74) is 1.11. The van der Waals surface area contributed by atoms with Gasteiger partial charge in [0.2, 0.25) is 0 Å². The lowest BCUT2D eigenvalue weighted by atomic mass is 10.1. The lowest BCUT2D eigenvalue weighted by Crippen LogP contribution is -2.55. The molecule has 0 amide bonds. The zero-order chi connectivity index (χ0) is 26.5. The Labute approximate surface area is 215 Å². The van der Waals surface area contributed by atoms with Crippen molar-refractivity contribution < 1.29 is 38.7 Å². The molecule has 10 heteroatoms. The number of halogens is 1. The number of carboxylic acids is 1. The molecule has 1 aliphatic rings. The number of carboxylic acid groups (broad SMARTS) is 1. The standard InChI is InChI=1S/C26H32ClNO8/c1-16(28-15-20(29)18-6-5-7-19(27)14-18)12-17-8-9-21-22(13-17)36-26(35-21,23(30)31)24(32)33-10-11-34-25(2,3)4/h5-9,13-14,16,20,28-29H,10-12,15H2,1-4H3,(H,30,31)/t16-,20+,26?/m1/s1. The zero-order valence-corrected chi connectivity index (χ0v) is 21.5. The Balaban J connectivity index is 1.58. The molecule has 0 saturated heterocycles. The van der Waals surface area contributed by atoms with Crippen LogP contribution in [0.1, 0.15) is 44.9 Å². The molecule has 196 valence electrons. The molecule has 0 aromatic heterocycles. The molecule has 0 fully saturated rings.